The normalized spacial score (nSPS) is 16.6. The van der Waals surface area contributed by atoms with E-state index in [1.54, 1.807) is 30.3 Å². The van der Waals surface area contributed by atoms with Crippen molar-refractivity contribution in [2.24, 2.45) is 0 Å². The van der Waals surface area contributed by atoms with Crippen LogP contribution in [0.2, 0.25) is 0 Å². The second-order valence-corrected chi connectivity index (χ2v) is 9.39. The number of aryl methyl sites for hydroxylation is 1. The van der Waals surface area contributed by atoms with Crippen molar-refractivity contribution in [2.45, 2.75) is 45.8 Å². The topological polar surface area (TPSA) is 96.3 Å². The molecule has 1 amide bonds. The zero-order chi connectivity index (χ0) is 27.2. The molecule has 1 heterocycles. The highest BCUT2D eigenvalue weighted by molar-refractivity contribution is 6.46. The Morgan fingerprint density at radius 3 is 2.37 bits per heavy atom. The van der Waals surface area contributed by atoms with E-state index in [1.807, 2.05) is 37.3 Å². The van der Waals surface area contributed by atoms with Crippen LogP contribution in [-0.2, 0) is 16.2 Å². The summed E-state index contributed by atoms with van der Waals surface area (Å²) >= 11 is 0. The molecule has 4 rings (SSSR count). The van der Waals surface area contributed by atoms with Gasteiger partial charge in [-0.25, -0.2) is 0 Å². The van der Waals surface area contributed by atoms with Crippen molar-refractivity contribution < 1.29 is 29.3 Å². The van der Waals surface area contributed by atoms with E-state index in [2.05, 4.69) is 6.92 Å². The van der Waals surface area contributed by atoms with Crippen molar-refractivity contribution in [1.29, 1.82) is 0 Å². The number of phenolic OH excluding ortho intramolecular Hbond substituents is 1. The van der Waals surface area contributed by atoms with Crippen LogP contribution in [0.3, 0.4) is 0 Å². The number of rotatable bonds is 10. The van der Waals surface area contributed by atoms with Gasteiger partial charge in [-0.3, -0.25) is 9.59 Å². The molecule has 198 valence electrons. The molecule has 7 nitrogen and oxygen atoms in total. The van der Waals surface area contributed by atoms with Gasteiger partial charge in [-0.05, 0) is 60.4 Å². The number of carbonyl (C=O) groups is 2. The molecular formula is C31H33NO6. The summed E-state index contributed by atoms with van der Waals surface area (Å²) in [6.45, 7) is 4.68. The molecule has 1 aliphatic heterocycles. The first-order valence-corrected chi connectivity index (χ1v) is 12.8. The fraction of sp³-hybridized carbons (Fsp3) is 0.290. The summed E-state index contributed by atoms with van der Waals surface area (Å²) < 4.78 is 11.1. The summed E-state index contributed by atoms with van der Waals surface area (Å²) in [4.78, 5) is 27.8. The largest absolute Gasteiger partial charge is 0.507 e. The summed E-state index contributed by atoms with van der Waals surface area (Å²) in [6.07, 6.45) is 2.57. The van der Waals surface area contributed by atoms with Crippen molar-refractivity contribution in [3.63, 3.8) is 0 Å². The Labute approximate surface area is 222 Å². The van der Waals surface area contributed by atoms with E-state index in [0.717, 1.165) is 30.4 Å². The van der Waals surface area contributed by atoms with Crippen molar-refractivity contribution in [2.75, 3.05) is 13.7 Å². The molecule has 1 atom stereocenters. The molecule has 0 radical (unpaired) electrons. The van der Waals surface area contributed by atoms with Crippen molar-refractivity contribution in [3.8, 4) is 17.2 Å². The maximum absolute atomic E-state index is 13.2. The van der Waals surface area contributed by atoms with E-state index in [4.69, 9.17) is 9.47 Å². The predicted octanol–water partition coefficient (Wildman–Crippen LogP) is 5.90. The van der Waals surface area contributed by atoms with E-state index in [1.165, 1.54) is 18.1 Å². The van der Waals surface area contributed by atoms with Crippen molar-refractivity contribution >= 4 is 17.4 Å². The molecule has 0 aliphatic carbocycles. The minimum absolute atomic E-state index is 0.00609. The minimum atomic E-state index is -0.835. The number of phenols is 1. The van der Waals surface area contributed by atoms with Gasteiger partial charge in [0.1, 0.15) is 18.1 Å². The lowest BCUT2D eigenvalue weighted by atomic mass is 9.94. The Morgan fingerprint density at radius 2 is 1.71 bits per heavy atom. The number of aliphatic hydroxyl groups is 1. The summed E-state index contributed by atoms with van der Waals surface area (Å²) in [6, 6.07) is 18.9. The van der Waals surface area contributed by atoms with Crippen molar-refractivity contribution in [1.82, 2.24) is 4.90 Å². The van der Waals surface area contributed by atoms with Gasteiger partial charge >= 0.3 is 0 Å². The molecule has 0 aromatic heterocycles. The number of likely N-dealkylation sites (tertiary alicyclic amines) is 1. The van der Waals surface area contributed by atoms with Crippen LogP contribution in [-0.4, -0.2) is 40.5 Å². The van der Waals surface area contributed by atoms with Crippen molar-refractivity contribution in [3.05, 3.63) is 94.6 Å². The number of nitrogens with zero attached hydrogens (tertiary/aromatic N) is 1. The van der Waals surface area contributed by atoms with Gasteiger partial charge in [0.25, 0.3) is 11.7 Å². The zero-order valence-corrected chi connectivity index (χ0v) is 21.9. The maximum atomic E-state index is 13.2. The van der Waals surface area contributed by atoms with Crippen LogP contribution in [0.1, 0.15) is 54.5 Å². The molecule has 1 saturated heterocycles. The third-order valence-corrected chi connectivity index (χ3v) is 6.75. The Bertz CT molecular complexity index is 1350. The SMILES string of the molecule is CCCCCN1C(=O)C(=O)/C(=C(\O)c2ccc(OCc3ccccc3)c(C)c2)C1c1ccc(OC)c(O)c1. The number of carbonyl (C=O) groups excluding carboxylic acids is 2. The number of ketones is 1. The molecule has 3 aromatic carbocycles. The van der Waals surface area contributed by atoms with Gasteiger partial charge in [0.2, 0.25) is 0 Å². The Morgan fingerprint density at radius 1 is 0.974 bits per heavy atom. The Hall–Kier alpha value is -4.26. The smallest absolute Gasteiger partial charge is 0.295 e. The molecule has 2 N–H and O–H groups in total. The molecule has 0 saturated carbocycles. The lowest BCUT2D eigenvalue weighted by Gasteiger charge is -2.25. The number of methoxy groups -OCH3 is 1. The van der Waals surface area contributed by atoms with Crippen LogP contribution in [0.4, 0.5) is 0 Å². The number of hydrogen-bond acceptors (Lipinski definition) is 6. The summed E-state index contributed by atoms with van der Waals surface area (Å²) in [5, 5.41) is 21.8. The summed E-state index contributed by atoms with van der Waals surface area (Å²) in [5.41, 5.74) is 2.72. The monoisotopic (exact) mass is 515 g/mol. The van der Waals surface area contributed by atoms with Gasteiger partial charge in [-0.2, -0.15) is 0 Å². The van der Waals surface area contributed by atoms with Gasteiger partial charge in [-0.1, -0.05) is 56.2 Å². The second kappa shape index (κ2) is 11.9. The minimum Gasteiger partial charge on any atom is -0.507 e. The van der Waals surface area contributed by atoms with Crippen LogP contribution in [0.15, 0.2) is 72.3 Å². The highest BCUT2D eigenvalue weighted by Crippen LogP contribution is 2.42. The van der Waals surface area contributed by atoms with Gasteiger partial charge in [0.05, 0.1) is 18.7 Å². The quantitative estimate of drug-likeness (QED) is 0.151. The maximum Gasteiger partial charge on any atom is 0.295 e. The first kappa shape index (κ1) is 26.8. The third-order valence-electron chi connectivity index (χ3n) is 6.75. The number of aliphatic hydroxyl groups excluding tert-OH is 1. The Balaban J connectivity index is 1.71. The second-order valence-electron chi connectivity index (χ2n) is 9.39. The van der Waals surface area contributed by atoms with Crippen LogP contribution in [0.5, 0.6) is 17.2 Å². The number of unbranched alkanes of at least 4 members (excludes halogenated alkanes) is 2. The van der Waals surface area contributed by atoms with Gasteiger partial charge < -0.3 is 24.6 Å². The molecule has 1 unspecified atom stereocenters. The molecule has 0 spiro atoms. The fourth-order valence-electron chi connectivity index (χ4n) is 4.72. The fourth-order valence-corrected chi connectivity index (χ4v) is 4.72. The summed E-state index contributed by atoms with van der Waals surface area (Å²) in [5.74, 6) is -0.858. The van der Waals surface area contributed by atoms with E-state index >= 15 is 0 Å². The van der Waals surface area contributed by atoms with Crippen LogP contribution >= 0.6 is 0 Å². The first-order valence-electron chi connectivity index (χ1n) is 12.8. The van der Waals surface area contributed by atoms with Crippen LogP contribution in [0, 0.1) is 6.92 Å². The van der Waals surface area contributed by atoms with E-state index < -0.39 is 17.7 Å². The highest BCUT2D eigenvalue weighted by Gasteiger charge is 2.46. The highest BCUT2D eigenvalue weighted by atomic mass is 16.5. The molecule has 0 bridgehead atoms. The third kappa shape index (κ3) is 5.52. The average molecular weight is 516 g/mol. The lowest BCUT2D eigenvalue weighted by molar-refractivity contribution is -0.139. The summed E-state index contributed by atoms with van der Waals surface area (Å²) in [7, 11) is 1.45. The van der Waals surface area contributed by atoms with E-state index in [0.29, 0.717) is 30.0 Å². The lowest BCUT2D eigenvalue weighted by Crippen LogP contribution is -2.30. The number of aromatic hydroxyl groups is 1. The van der Waals surface area contributed by atoms with E-state index in [9.17, 15) is 19.8 Å². The molecule has 1 aliphatic rings. The molecule has 7 heteroatoms. The predicted molar refractivity (Wildman–Crippen MR) is 145 cm³/mol. The molecular weight excluding hydrogens is 482 g/mol. The Kier molecular flexibility index (Phi) is 8.36. The van der Waals surface area contributed by atoms with Crippen LogP contribution in [0.25, 0.3) is 5.76 Å². The van der Waals surface area contributed by atoms with Gasteiger partial charge in [0, 0.05) is 12.1 Å². The molecule has 1 fully saturated rings. The number of benzene rings is 3. The number of Topliss-reactive ketones (excluding diaryl/α,β-unsaturated/α-hetero) is 1. The standard InChI is InChI=1S/C31H33NO6/c1-4-5-9-16-32-28(22-12-15-26(37-3)24(33)18-22)27(30(35)31(32)36)29(34)23-13-14-25(20(2)17-23)38-19-21-10-7-6-8-11-21/h6-8,10-15,17-18,28,33-34H,4-5,9,16,19H2,1-3H3/b29-27-. The van der Waals surface area contributed by atoms with Gasteiger partial charge in [0.15, 0.2) is 11.5 Å². The van der Waals surface area contributed by atoms with Gasteiger partial charge in [-0.15, -0.1) is 0 Å². The molecule has 3 aromatic rings. The number of ether oxygens (including phenoxy) is 2. The number of amides is 1. The van der Waals surface area contributed by atoms with Crippen LogP contribution < -0.4 is 9.47 Å². The van der Waals surface area contributed by atoms with E-state index in [-0.39, 0.29) is 22.8 Å². The number of hydrogen-bond donors (Lipinski definition) is 2. The zero-order valence-electron chi connectivity index (χ0n) is 21.9. The first-order chi connectivity index (χ1) is 18.3. The average Bonchev–Trinajstić information content (AvgIpc) is 3.17. The molecule has 38 heavy (non-hydrogen) atoms.